The first-order valence-electron chi connectivity index (χ1n) is 8.55. The number of anilines is 1. The van der Waals surface area contributed by atoms with Gasteiger partial charge in [-0.1, -0.05) is 17.7 Å². The zero-order valence-electron chi connectivity index (χ0n) is 14.6. The lowest BCUT2D eigenvalue weighted by atomic mass is 10.2. The first kappa shape index (κ1) is 17.3. The Hall–Kier alpha value is -3.12. The molecule has 4 aromatic rings. The van der Waals surface area contributed by atoms with Gasteiger partial charge in [-0.3, -0.25) is 14.2 Å². The van der Waals surface area contributed by atoms with Crippen LogP contribution in [0.25, 0.3) is 16.7 Å². The molecule has 1 amide bonds. The number of aryl methyl sites for hydroxylation is 2. The summed E-state index contributed by atoms with van der Waals surface area (Å²) in [5, 5.41) is 3.28. The van der Waals surface area contributed by atoms with E-state index in [0.717, 1.165) is 11.1 Å². The van der Waals surface area contributed by atoms with Crippen molar-refractivity contribution in [2.75, 3.05) is 5.32 Å². The summed E-state index contributed by atoms with van der Waals surface area (Å²) >= 11 is 6.16. The Morgan fingerprint density at radius 3 is 2.81 bits per heavy atom. The van der Waals surface area contributed by atoms with Gasteiger partial charge in [0.25, 0.3) is 5.56 Å². The van der Waals surface area contributed by atoms with Gasteiger partial charge >= 0.3 is 0 Å². The van der Waals surface area contributed by atoms with Crippen LogP contribution in [0.5, 0.6) is 0 Å². The molecule has 1 aromatic carbocycles. The van der Waals surface area contributed by atoms with Crippen molar-refractivity contribution in [2.45, 2.75) is 19.9 Å². The Morgan fingerprint density at radius 2 is 2.00 bits per heavy atom. The second-order valence-corrected chi connectivity index (χ2v) is 6.76. The van der Waals surface area contributed by atoms with Gasteiger partial charge in [0.15, 0.2) is 5.65 Å². The topological polar surface area (TPSA) is 68.4 Å². The molecule has 4 rings (SSSR count). The Kier molecular flexibility index (Phi) is 4.41. The third kappa shape index (κ3) is 3.19. The number of rotatable bonds is 4. The molecule has 6 nitrogen and oxygen atoms in total. The normalized spacial score (nSPS) is 11.2. The number of halogens is 1. The van der Waals surface area contributed by atoms with Crippen LogP contribution in [0.1, 0.15) is 12.0 Å². The first-order chi connectivity index (χ1) is 13.0. The molecule has 7 heteroatoms. The fraction of sp³-hybridized carbons (Fsp3) is 0.150. The number of nitrogens with zero attached hydrogens (tertiary/aromatic N) is 3. The summed E-state index contributed by atoms with van der Waals surface area (Å²) in [7, 11) is 0. The molecule has 0 radical (unpaired) electrons. The van der Waals surface area contributed by atoms with E-state index in [1.165, 1.54) is 0 Å². The molecule has 0 aliphatic rings. The molecular formula is C20H17ClN4O2. The SMILES string of the molecule is Cc1ccc(NC(=O)CCn2c(=O)c3cccn3c3cccnc32)c(Cl)c1. The molecule has 0 bridgehead atoms. The van der Waals surface area contributed by atoms with E-state index in [0.29, 0.717) is 21.9 Å². The minimum Gasteiger partial charge on any atom is -0.325 e. The van der Waals surface area contributed by atoms with Crippen LogP contribution in [0.4, 0.5) is 5.69 Å². The summed E-state index contributed by atoms with van der Waals surface area (Å²) in [5.41, 5.74) is 3.32. The largest absolute Gasteiger partial charge is 0.325 e. The molecule has 3 heterocycles. The summed E-state index contributed by atoms with van der Waals surface area (Å²) in [4.78, 5) is 29.5. The molecule has 0 spiro atoms. The van der Waals surface area contributed by atoms with Crippen molar-refractivity contribution in [3.8, 4) is 0 Å². The highest BCUT2D eigenvalue weighted by Gasteiger charge is 2.13. The van der Waals surface area contributed by atoms with Crippen molar-refractivity contribution in [1.29, 1.82) is 0 Å². The van der Waals surface area contributed by atoms with Crippen molar-refractivity contribution < 1.29 is 4.79 Å². The molecule has 0 fully saturated rings. The maximum absolute atomic E-state index is 12.8. The Labute approximate surface area is 160 Å². The molecule has 1 N–H and O–H groups in total. The van der Waals surface area contributed by atoms with Crippen LogP contribution in [0.3, 0.4) is 0 Å². The van der Waals surface area contributed by atoms with Gasteiger partial charge in [-0.15, -0.1) is 0 Å². The van der Waals surface area contributed by atoms with Gasteiger partial charge in [-0.05, 0) is 48.9 Å². The number of nitrogens with one attached hydrogen (secondary N) is 1. The molecule has 27 heavy (non-hydrogen) atoms. The summed E-state index contributed by atoms with van der Waals surface area (Å²) in [6.07, 6.45) is 3.60. The van der Waals surface area contributed by atoms with E-state index < -0.39 is 0 Å². The second kappa shape index (κ2) is 6.89. The predicted molar refractivity (Wildman–Crippen MR) is 106 cm³/mol. The summed E-state index contributed by atoms with van der Waals surface area (Å²) in [5.74, 6) is -0.216. The Morgan fingerprint density at radius 1 is 1.19 bits per heavy atom. The molecule has 0 atom stereocenters. The molecule has 136 valence electrons. The van der Waals surface area contributed by atoms with E-state index in [1.807, 2.05) is 41.8 Å². The highest BCUT2D eigenvalue weighted by atomic mass is 35.5. The van der Waals surface area contributed by atoms with Crippen molar-refractivity contribution in [3.05, 3.63) is 75.8 Å². The minimum atomic E-state index is -0.216. The predicted octanol–water partition coefficient (Wildman–Crippen LogP) is 3.64. The zero-order chi connectivity index (χ0) is 19.0. The average Bonchev–Trinajstić information content (AvgIpc) is 3.14. The van der Waals surface area contributed by atoms with Crippen molar-refractivity contribution in [2.24, 2.45) is 0 Å². The number of hydrogen-bond donors (Lipinski definition) is 1. The molecule has 0 unspecified atom stereocenters. The van der Waals surface area contributed by atoms with Crippen LogP contribution in [-0.2, 0) is 11.3 Å². The lowest BCUT2D eigenvalue weighted by molar-refractivity contribution is -0.116. The van der Waals surface area contributed by atoms with Gasteiger partial charge < -0.3 is 9.72 Å². The quantitative estimate of drug-likeness (QED) is 0.587. The monoisotopic (exact) mass is 380 g/mol. The number of carbonyl (C=O) groups is 1. The molecule has 3 aromatic heterocycles. The summed E-state index contributed by atoms with van der Waals surface area (Å²) in [6, 6.07) is 12.7. The lowest BCUT2D eigenvalue weighted by Crippen LogP contribution is -2.25. The van der Waals surface area contributed by atoms with Crippen LogP contribution in [0, 0.1) is 6.92 Å². The van der Waals surface area contributed by atoms with E-state index in [1.54, 1.807) is 29.0 Å². The van der Waals surface area contributed by atoms with Crippen LogP contribution >= 0.6 is 11.6 Å². The molecule has 0 saturated carbocycles. The fourth-order valence-electron chi connectivity index (χ4n) is 3.14. The van der Waals surface area contributed by atoms with Crippen LogP contribution < -0.4 is 10.9 Å². The number of aromatic nitrogens is 3. The number of carbonyl (C=O) groups excluding carboxylic acids is 1. The van der Waals surface area contributed by atoms with Crippen molar-refractivity contribution in [1.82, 2.24) is 14.0 Å². The number of amides is 1. The maximum Gasteiger partial charge on any atom is 0.276 e. The second-order valence-electron chi connectivity index (χ2n) is 6.35. The number of fused-ring (bicyclic) bond motifs is 3. The van der Waals surface area contributed by atoms with Gasteiger partial charge in [0, 0.05) is 25.4 Å². The summed E-state index contributed by atoms with van der Waals surface area (Å²) in [6.45, 7) is 2.16. The van der Waals surface area contributed by atoms with E-state index in [2.05, 4.69) is 10.3 Å². The molecule has 0 saturated heterocycles. The van der Waals surface area contributed by atoms with E-state index >= 15 is 0 Å². The molecule has 0 aliphatic carbocycles. The van der Waals surface area contributed by atoms with Crippen molar-refractivity contribution in [3.63, 3.8) is 0 Å². The van der Waals surface area contributed by atoms with Gasteiger partial charge in [-0.2, -0.15) is 0 Å². The van der Waals surface area contributed by atoms with Crippen LogP contribution in [-0.4, -0.2) is 19.9 Å². The maximum atomic E-state index is 12.8. The minimum absolute atomic E-state index is 0.132. The van der Waals surface area contributed by atoms with Crippen LogP contribution in [0.15, 0.2) is 59.7 Å². The molecular weight excluding hydrogens is 364 g/mol. The van der Waals surface area contributed by atoms with Gasteiger partial charge in [-0.25, -0.2) is 4.98 Å². The standard InChI is InChI=1S/C20H17ClN4O2/c1-13-6-7-15(14(21)12-13)23-18(26)8-11-25-19-16(4-2-9-22-19)24-10-3-5-17(24)20(25)27/h2-7,9-10,12H,8,11H2,1H3,(H,23,26). The average molecular weight is 381 g/mol. The van der Waals surface area contributed by atoms with Crippen molar-refractivity contribution >= 4 is 39.9 Å². The van der Waals surface area contributed by atoms with Crippen LogP contribution in [0.2, 0.25) is 5.02 Å². The zero-order valence-corrected chi connectivity index (χ0v) is 15.4. The van der Waals surface area contributed by atoms with Gasteiger partial charge in [0.1, 0.15) is 5.52 Å². The lowest BCUT2D eigenvalue weighted by Gasteiger charge is -2.12. The highest BCUT2D eigenvalue weighted by Crippen LogP contribution is 2.23. The Bertz CT molecular complexity index is 1230. The number of pyridine rings is 1. The van der Waals surface area contributed by atoms with Gasteiger partial charge in [0.05, 0.1) is 16.2 Å². The van der Waals surface area contributed by atoms with Gasteiger partial charge in [0.2, 0.25) is 5.91 Å². The molecule has 0 aliphatic heterocycles. The van der Waals surface area contributed by atoms with E-state index in [-0.39, 0.29) is 24.4 Å². The highest BCUT2D eigenvalue weighted by molar-refractivity contribution is 6.33. The number of hydrogen-bond acceptors (Lipinski definition) is 3. The summed E-state index contributed by atoms with van der Waals surface area (Å²) < 4.78 is 3.36. The number of benzene rings is 1. The van der Waals surface area contributed by atoms with E-state index in [9.17, 15) is 9.59 Å². The third-order valence-electron chi connectivity index (χ3n) is 4.46. The van der Waals surface area contributed by atoms with E-state index in [4.69, 9.17) is 11.6 Å². The first-order valence-corrected chi connectivity index (χ1v) is 8.93. The Balaban J connectivity index is 1.62. The third-order valence-corrected chi connectivity index (χ3v) is 4.77. The smallest absolute Gasteiger partial charge is 0.276 e. The fourth-order valence-corrected chi connectivity index (χ4v) is 3.42.